The number of aryl methyl sites for hydroxylation is 2. The van der Waals surface area contributed by atoms with Crippen LogP contribution in [0.3, 0.4) is 0 Å². The topological polar surface area (TPSA) is 82.6 Å². The first-order chi connectivity index (χ1) is 14.8. The van der Waals surface area contributed by atoms with Crippen molar-refractivity contribution in [2.75, 3.05) is 5.32 Å². The average molecular weight is 441 g/mol. The van der Waals surface area contributed by atoms with E-state index in [0.29, 0.717) is 16.5 Å². The van der Waals surface area contributed by atoms with Crippen LogP contribution in [0.15, 0.2) is 41.5 Å². The van der Waals surface area contributed by atoms with E-state index >= 15 is 0 Å². The molecule has 1 saturated carbocycles. The molecule has 0 saturated heterocycles. The molecule has 1 fully saturated rings. The minimum absolute atomic E-state index is 0.0391. The van der Waals surface area contributed by atoms with Gasteiger partial charge in [0.25, 0.3) is 0 Å². The number of carbonyl (C=O) groups is 2. The van der Waals surface area contributed by atoms with Crippen molar-refractivity contribution in [1.82, 2.24) is 10.7 Å². The fraction of sp³-hybridized carbons (Fsp3) is 0.375. The fourth-order valence-corrected chi connectivity index (χ4v) is 3.93. The number of hydrazone groups is 1. The quantitative estimate of drug-likeness (QED) is 0.353. The van der Waals surface area contributed by atoms with Crippen LogP contribution in [0.25, 0.3) is 0 Å². The Morgan fingerprint density at radius 1 is 1.03 bits per heavy atom. The zero-order chi connectivity index (χ0) is 22.4. The number of rotatable bonds is 5. The summed E-state index contributed by atoms with van der Waals surface area (Å²) in [6.45, 7) is 6.16. The zero-order valence-electron chi connectivity index (χ0n) is 18.2. The van der Waals surface area contributed by atoms with E-state index in [1.165, 1.54) is 12.6 Å². The third-order valence-corrected chi connectivity index (χ3v) is 5.92. The van der Waals surface area contributed by atoms with E-state index in [9.17, 15) is 9.59 Å². The SMILES string of the molecule is Cc1ccc(C)c(Nc2ccc(Cl)cc2/C=N\NC(=O)C(=O)N[C@H]2CCCC[C@@H]2C)c1. The molecule has 7 heteroatoms. The Labute approximate surface area is 188 Å². The molecular formula is C24H29ClN4O2. The zero-order valence-corrected chi connectivity index (χ0v) is 18.9. The second-order valence-electron chi connectivity index (χ2n) is 8.22. The highest BCUT2D eigenvalue weighted by Gasteiger charge is 2.25. The van der Waals surface area contributed by atoms with Gasteiger partial charge in [-0.25, -0.2) is 5.43 Å². The molecule has 6 nitrogen and oxygen atoms in total. The van der Waals surface area contributed by atoms with Crippen LogP contribution in [0.5, 0.6) is 0 Å². The molecule has 0 radical (unpaired) electrons. The maximum Gasteiger partial charge on any atom is 0.329 e. The van der Waals surface area contributed by atoms with Gasteiger partial charge in [-0.05, 0) is 68.0 Å². The Kier molecular flexibility index (Phi) is 7.69. The molecule has 0 spiro atoms. The second-order valence-corrected chi connectivity index (χ2v) is 8.65. The van der Waals surface area contributed by atoms with Gasteiger partial charge >= 0.3 is 11.8 Å². The summed E-state index contributed by atoms with van der Waals surface area (Å²) in [4.78, 5) is 24.4. The fourth-order valence-electron chi connectivity index (χ4n) is 3.75. The van der Waals surface area contributed by atoms with Crippen molar-refractivity contribution in [3.8, 4) is 0 Å². The Bertz CT molecular complexity index is 990. The molecule has 2 aromatic carbocycles. The first-order valence-corrected chi connectivity index (χ1v) is 11.0. The van der Waals surface area contributed by atoms with Crippen LogP contribution in [-0.2, 0) is 9.59 Å². The Balaban J connectivity index is 1.66. The van der Waals surface area contributed by atoms with Crippen molar-refractivity contribution in [1.29, 1.82) is 0 Å². The minimum atomic E-state index is -0.778. The van der Waals surface area contributed by atoms with Gasteiger partial charge in [-0.15, -0.1) is 0 Å². The maximum absolute atomic E-state index is 12.2. The van der Waals surface area contributed by atoms with Gasteiger partial charge in [0.2, 0.25) is 0 Å². The first kappa shape index (κ1) is 22.8. The lowest BCUT2D eigenvalue weighted by atomic mass is 9.86. The smallest absolute Gasteiger partial charge is 0.329 e. The van der Waals surface area contributed by atoms with Crippen molar-refractivity contribution in [2.45, 2.75) is 52.5 Å². The largest absolute Gasteiger partial charge is 0.355 e. The van der Waals surface area contributed by atoms with Crippen molar-refractivity contribution < 1.29 is 9.59 Å². The van der Waals surface area contributed by atoms with Gasteiger partial charge < -0.3 is 10.6 Å². The predicted octanol–water partition coefficient (Wildman–Crippen LogP) is 4.85. The van der Waals surface area contributed by atoms with Gasteiger partial charge in [-0.1, -0.05) is 43.5 Å². The van der Waals surface area contributed by atoms with E-state index in [1.54, 1.807) is 12.1 Å². The molecule has 0 heterocycles. The van der Waals surface area contributed by atoms with Crippen molar-refractivity contribution in [3.63, 3.8) is 0 Å². The average Bonchev–Trinajstić information content (AvgIpc) is 2.74. The Morgan fingerprint density at radius 3 is 2.58 bits per heavy atom. The summed E-state index contributed by atoms with van der Waals surface area (Å²) in [6, 6.07) is 11.6. The highest BCUT2D eigenvalue weighted by molar-refractivity contribution is 6.35. The number of anilines is 2. The highest BCUT2D eigenvalue weighted by Crippen LogP contribution is 2.26. The van der Waals surface area contributed by atoms with Gasteiger partial charge in [0.05, 0.1) is 6.21 Å². The Hall–Kier alpha value is -2.86. The highest BCUT2D eigenvalue weighted by atomic mass is 35.5. The van der Waals surface area contributed by atoms with E-state index in [4.69, 9.17) is 11.6 Å². The van der Waals surface area contributed by atoms with E-state index in [-0.39, 0.29) is 6.04 Å². The number of benzene rings is 2. The van der Waals surface area contributed by atoms with Gasteiger partial charge in [0, 0.05) is 28.0 Å². The van der Waals surface area contributed by atoms with Crippen LogP contribution < -0.4 is 16.1 Å². The summed E-state index contributed by atoms with van der Waals surface area (Å²) in [5, 5.41) is 10.7. The summed E-state index contributed by atoms with van der Waals surface area (Å²) in [5.74, 6) is -1.06. The van der Waals surface area contributed by atoms with E-state index in [1.807, 2.05) is 26.0 Å². The summed E-state index contributed by atoms with van der Waals surface area (Å²) < 4.78 is 0. The van der Waals surface area contributed by atoms with Crippen molar-refractivity contribution in [3.05, 3.63) is 58.1 Å². The lowest BCUT2D eigenvalue weighted by Gasteiger charge is -2.29. The molecule has 2 amide bonds. The molecule has 31 heavy (non-hydrogen) atoms. The van der Waals surface area contributed by atoms with E-state index in [0.717, 1.165) is 41.8 Å². The summed E-state index contributed by atoms with van der Waals surface area (Å²) >= 11 is 6.15. The molecule has 0 aliphatic heterocycles. The van der Waals surface area contributed by atoms with Crippen molar-refractivity contribution >= 4 is 41.0 Å². The summed E-state index contributed by atoms with van der Waals surface area (Å²) in [7, 11) is 0. The van der Waals surface area contributed by atoms with Gasteiger partial charge in [-0.3, -0.25) is 9.59 Å². The molecule has 1 aliphatic rings. The summed E-state index contributed by atoms with van der Waals surface area (Å²) in [6.07, 6.45) is 5.69. The van der Waals surface area contributed by atoms with Crippen molar-refractivity contribution in [2.24, 2.45) is 11.0 Å². The first-order valence-electron chi connectivity index (χ1n) is 10.6. The lowest BCUT2D eigenvalue weighted by molar-refractivity contribution is -0.139. The molecule has 2 aromatic rings. The molecule has 0 bridgehead atoms. The van der Waals surface area contributed by atoms with Crippen LogP contribution in [0.1, 0.15) is 49.3 Å². The van der Waals surface area contributed by atoms with Crippen LogP contribution in [-0.4, -0.2) is 24.1 Å². The molecule has 164 valence electrons. The minimum Gasteiger partial charge on any atom is -0.355 e. The third kappa shape index (κ3) is 6.31. The molecule has 2 atom stereocenters. The molecule has 0 aromatic heterocycles. The lowest BCUT2D eigenvalue weighted by Crippen LogP contribution is -2.46. The number of carbonyl (C=O) groups excluding carboxylic acids is 2. The summed E-state index contributed by atoms with van der Waals surface area (Å²) in [5.41, 5.74) is 7.01. The van der Waals surface area contributed by atoms with Crippen LogP contribution in [0.2, 0.25) is 5.02 Å². The monoisotopic (exact) mass is 440 g/mol. The maximum atomic E-state index is 12.2. The number of hydrogen-bond acceptors (Lipinski definition) is 4. The molecule has 3 N–H and O–H groups in total. The molecule has 3 rings (SSSR count). The standard InChI is InChI=1S/C24H29ClN4O2/c1-15-8-9-17(3)22(12-15)27-21-11-10-19(25)13-18(21)14-26-29-24(31)23(30)28-20-7-5-4-6-16(20)2/h8-14,16,20,27H,4-7H2,1-3H3,(H,28,30)(H,29,31)/b26-14-/t16-,20-/m0/s1. The normalized spacial score (nSPS) is 18.6. The number of nitrogens with one attached hydrogen (secondary N) is 3. The Morgan fingerprint density at radius 2 is 1.81 bits per heavy atom. The second kappa shape index (κ2) is 10.4. The number of halogens is 1. The van der Waals surface area contributed by atoms with Gasteiger partial charge in [0.1, 0.15) is 0 Å². The molecule has 0 unspecified atom stereocenters. The van der Waals surface area contributed by atoms with Gasteiger partial charge in [-0.2, -0.15) is 5.10 Å². The van der Waals surface area contributed by atoms with Crippen LogP contribution in [0, 0.1) is 19.8 Å². The van der Waals surface area contributed by atoms with Gasteiger partial charge in [0.15, 0.2) is 0 Å². The third-order valence-electron chi connectivity index (χ3n) is 5.68. The number of nitrogens with zero attached hydrogens (tertiary/aromatic N) is 1. The molecular weight excluding hydrogens is 412 g/mol. The van der Waals surface area contributed by atoms with E-state index in [2.05, 4.69) is 40.2 Å². The van der Waals surface area contributed by atoms with E-state index < -0.39 is 11.8 Å². The molecule has 1 aliphatic carbocycles. The van der Waals surface area contributed by atoms with Crippen LogP contribution >= 0.6 is 11.6 Å². The number of hydrogen-bond donors (Lipinski definition) is 3. The van der Waals surface area contributed by atoms with Crippen LogP contribution in [0.4, 0.5) is 11.4 Å². The predicted molar refractivity (Wildman–Crippen MR) is 126 cm³/mol. The number of amides is 2.